The number of rotatable bonds is 16. The van der Waals surface area contributed by atoms with Crippen LogP contribution in [0, 0.1) is 0 Å². The maximum atomic E-state index is 13.7. The Morgan fingerprint density at radius 1 is 0.821 bits per heavy atom. The molecular formula is C44H53N5O7. The number of carbonyl (C=O) groups excluding carboxylic acids is 3. The van der Waals surface area contributed by atoms with Gasteiger partial charge >= 0.3 is 5.97 Å². The predicted octanol–water partition coefficient (Wildman–Crippen LogP) is 7.34. The molecule has 0 saturated carbocycles. The minimum absolute atomic E-state index is 0.0847. The van der Waals surface area contributed by atoms with Crippen LogP contribution >= 0.6 is 0 Å². The van der Waals surface area contributed by atoms with Crippen molar-refractivity contribution in [2.75, 3.05) is 56.3 Å². The molecule has 2 N–H and O–H groups in total. The zero-order chi connectivity index (χ0) is 39.3. The minimum atomic E-state index is -0.515. The lowest BCUT2D eigenvalue weighted by molar-refractivity contribution is -0.156. The van der Waals surface area contributed by atoms with Gasteiger partial charge in [-0.3, -0.25) is 14.4 Å². The van der Waals surface area contributed by atoms with Crippen molar-refractivity contribution in [2.24, 2.45) is 0 Å². The van der Waals surface area contributed by atoms with Crippen LogP contribution < -0.4 is 20.3 Å². The summed E-state index contributed by atoms with van der Waals surface area (Å²) in [6.45, 7) is 8.94. The van der Waals surface area contributed by atoms with Gasteiger partial charge in [0.15, 0.2) is 5.82 Å². The van der Waals surface area contributed by atoms with Gasteiger partial charge in [-0.2, -0.15) is 0 Å². The second-order valence-electron chi connectivity index (χ2n) is 15.1. The van der Waals surface area contributed by atoms with Crippen LogP contribution in [-0.4, -0.2) is 79.5 Å². The molecule has 2 heterocycles. The third-order valence-corrected chi connectivity index (χ3v) is 9.61. The van der Waals surface area contributed by atoms with E-state index in [1.54, 1.807) is 36.5 Å². The lowest BCUT2D eigenvalue weighted by atomic mass is 9.87. The number of anilines is 2. The molecule has 1 aliphatic heterocycles. The van der Waals surface area contributed by atoms with Crippen LogP contribution in [0.5, 0.6) is 5.75 Å². The Morgan fingerprint density at radius 3 is 2.43 bits per heavy atom. The molecule has 1 saturated heterocycles. The van der Waals surface area contributed by atoms with E-state index >= 15 is 0 Å². The lowest BCUT2D eigenvalue weighted by Crippen LogP contribution is -2.31. The van der Waals surface area contributed by atoms with Crippen LogP contribution in [0.2, 0.25) is 0 Å². The second kappa shape index (κ2) is 19.5. The van der Waals surface area contributed by atoms with Crippen molar-refractivity contribution in [3.05, 3.63) is 101 Å². The third-order valence-electron chi connectivity index (χ3n) is 9.61. The first-order valence-corrected chi connectivity index (χ1v) is 19.7. The Labute approximate surface area is 329 Å². The van der Waals surface area contributed by atoms with Gasteiger partial charge in [0.25, 0.3) is 11.8 Å². The highest BCUT2D eigenvalue weighted by Gasteiger charge is 2.24. The summed E-state index contributed by atoms with van der Waals surface area (Å²) in [5.41, 5.74) is 4.74. The van der Waals surface area contributed by atoms with E-state index in [0.29, 0.717) is 48.2 Å². The van der Waals surface area contributed by atoms with E-state index in [0.717, 1.165) is 56.4 Å². The van der Waals surface area contributed by atoms with E-state index in [9.17, 15) is 14.4 Å². The molecule has 1 aliphatic carbocycles. The number of fused-ring (bicyclic) bond motifs is 1. The van der Waals surface area contributed by atoms with Crippen molar-refractivity contribution in [2.45, 2.75) is 77.4 Å². The van der Waals surface area contributed by atoms with Crippen molar-refractivity contribution < 1.29 is 33.3 Å². The van der Waals surface area contributed by atoms with Crippen LogP contribution in [0.4, 0.5) is 11.4 Å². The van der Waals surface area contributed by atoms with E-state index in [4.69, 9.17) is 23.9 Å². The van der Waals surface area contributed by atoms with E-state index in [1.807, 2.05) is 51.1 Å². The average Bonchev–Trinajstić information content (AvgIpc) is 3.20. The number of carbonyl (C=O) groups is 3. The number of amides is 2. The van der Waals surface area contributed by atoms with Crippen molar-refractivity contribution in [3.8, 4) is 17.1 Å². The zero-order valence-corrected chi connectivity index (χ0v) is 32.7. The number of hydrogen-bond acceptors (Lipinski definition) is 10. The maximum Gasteiger partial charge on any atom is 0.308 e. The molecule has 6 rings (SSSR count). The highest BCUT2D eigenvalue weighted by Crippen LogP contribution is 2.33. The molecule has 56 heavy (non-hydrogen) atoms. The number of hydrogen-bond donors (Lipinski definition) is 2. The molecule has 1 aromatic heterocycles. The summed E-state index contributed by atoms with van der Waals surface area (Å²) in [4.78, 5) is 50.7. The largest absolute Gasteiger partial charge is 0.491 e. The van der Waals surface area contributed by atoms with Gasteiger partial charge in [0.05, 0.1) is 44.6 Å². The van der Waals surface area contributed by atoms with Crippen molar-refractivity contribution in [1.82, 2.24) is 15.3 Å². The van der Waals surface area contributed by atoms with Crippen molar-refractivity contribution in [1.29, 1.82) is 0 Å². The third kappa shape index (κ3) is 11.6. The van der Waals surface area contributed by atoms with E-state index in [1.165, 1.54) is 12.0 Å². The summed E-state index contributed by atoms with van der Waals surface area (Å²) in [6.07, 6.45) is 8.08. The van der Waals surface area contributed by atoms with Gasteiger partial charge in [-0.05, 0) is 113 Å². The Balaban J connectivity index is 1.08. The first-order valence-electron chi connectivity index (χ1n) is 19.7. The topological polar surface area (TPSA) is 141 Å². The molecule has 12 heteroatoms. The van der Waals surface area contributed by atoms with Gasteiger partial charge in [-0.25, -0.2) is 9.97 Å². The number of esters is 1. The quantitative estimate of drug-likeness (QED) is 0.0880. The molecule has 0 unspecified atom stereocenters. The van der Waals surface area contributed by atoms with Gasteiger partial charge in [0.2, 0.25) is 0 Å². The molecule has 1 atom stereocenters. The summed E-state index contributed by atoms with van der Waals surface area (Å²) in [7, 11) is 0. The molecular weight excluding hydrogens is 711 g/mol. The summed E-state index contributed by atoms with van der Waals surface area (Å²) in [5, 5.41) is 6.27. The van der Waals surface area contributed by atoms with Gasteiger partial charge < -0.3 is 34.5 Å². The normalized spacial score (nSPS) is 15.4. The monoisotopic (exact) mass is 763 g/mol. The van der Waals surface area contributed by atoms with Crippen molar-refractivity contribution in [3.63, 3.8) is 0 Å². The standard InChI is InChI=1S/C44H53N5O7/c1-44(2,3)56-40(50)20-24-53-25-26-54-27-28-55-34-14-9-13-32(29-34)42(51)47-38-18-17-33(49-22-7-4-8-23-49)30-36(38)41-45-21-19-39(46-41)43(52)48-37-16-10-12-31-11-5-6-15-35(31)37/h5-6,9,11,13-15,17-19,21,29-30,37H,4,7-8,10,12,16,20,22-28H2,1-3H3,(H,47,51)(H,48,52)/t37-/m0/s1. The maximum absolute atomic E-state index is 13.7. The van der Waals surface area contributed by atoms with Crippen LogP contribution in [0.25, 0.3) is 11.4 Å². The number of piperidine rings is 1. The molecule has 2 amide bonds. The Hall–Kier alpha value is -5.33. The Kier molecular flexibility index (Phi) is 14.0. The van der Waals surface area contributed by atoms with E-state index in [2.05, 4.69) is 32.7 Å². The smallest absolute Gasteiger partial charge is 0.308 e. The van der Waals surface area contributed by atoms with Crippen LogP contribution in [0.1, 0.15) is 97.3 Å². The molecule has 0 radical (unpaired) electrons. The SMILES string of the molecule is CC(C)(C)OC(=O)CCOCCOCCOc1cccc(C(=O)Nc2ccc(N3CCCCC3)cc2-c2nccc(C(=O)N[C@H]3CCCc4ccccc43)n2)c1. The summed E-state index contributed by atoms with van der Waals surface area (Å²) < 4.78 is 22.2. The number of nitrogens with zero attached hydrogens (tertiary/aromatic N) is 3. The summed E-state index contributed by atoms with van der Waals surface area (Å²) in [6, 6.07) is 22.6. The lowest BCUT2D eigenvalue weighted by Gasteiger charge is -2.29. The van der Waals surface area contributed by atoms with Gasteiger partial charge in [-0.15, -0.1) is 0 Å². The number of aryl methyl sites for hydroxylation is 1. The fraction of sp³-hybridized carbons (Fsp3) is 0.432. The van der Waals surface area contributed by atoms with Gasteiger partial charge in [-0.1, -0.05) is 30.3 Å². The zero-order valence-electron chi connectivity index (χ0n) is 32.7. The number of ether oxygens (including phenoxy) is 4. The molecule has 1 fully saturated rings. The number of nitrogens with one attached hydrogen (secondary N) is 2. The molecule has 0 bridgehead atoms. The summed E-state index contributed by atoms with van der Waals surface area (Å²) in [5.74, 6) is -0.0127. The fourth-order valence-electron chi connectivity index (χ4n) is 6.94. The van der Waals surface area contributed by atoms with E-state index < -0.39 is 5.60 Å². The molecule has 2 aliphatic rings. The van der Waals surface area contributed by atoms with E-state index in [-0.39, 0.29) is 49.2 Å². The van der Waals surface area contributed by atoms with Crippen molar-refractivity contribution >= 4 is 29.2 Å². The molecule has 0 spiro atoms. The summed E-state index contributed by atoms with van der Waals surface area (Å²) >= 11 is 0. The Bertz CT molecular complexity index is 1960. The van der Waals surface area contributed by atoms with Crippen LogP contribution in [-0.2, 0) is 25.4 Å². The molecule has 4 aromatic rings. The van der Waals surface area contributed by atoms with Crippen LogP contribution in [0.15, 0.2) is 79.0 Å². The minimum Gasteiger partial charge on any atom is -0.491 e. The fourth-order valence-corrected chi connectivity index (χ4v) is 6.94. The molecule has 12 nitrogen and oxygen atoms in total. The molecule has 3 aromatic carbocycles. The highest BCUT2D eigenvalue weighted by atomic mass is 16.6. The number of benzene rings is 3. The first kappa shape index (κ1) is 40.3. The second-order valence-corrected chi connectivity index (χ2v) is 15.1. The highest BCUT2D eigenvalue weighted by molar-refractivity contribution is 6.06. The first-order chi connectivity index (χ1) is 27.1. The van der Waals surface area contributed by atoms with Crippen LogP contribution in [0.3, 0.4) is 0 Å². The molecule has 296 valence electrons. The van der Waals surface area contributed by atoms with Gasteiger partial charge in [0, 0.05) is 36.1 Å². The Morgan fingerprint density at radius 2 is 1.61 bits per heavy atom. The predicted molar refractivity (Wildman–Crippen MR) is 215 cm³/mol. The average molecular weight is 764 g/mol. The number of aromatic nitrogens is 2. The van der Waals surface area contributed by atoms with Gasteiger partial charge in [0.1, 0.15) is 23.7 Å².